The number of rotatable bonds is 7. The monoisotopic (exact) mass is 429 g/mol. The first-order valence-corrected chi connectivity index (χ1v) is 11.1. The molecule has 30 heavy (non-hydrogen) atoms. The van der Waals surface area contributed by atoms with Crippen molar-refractivity contribution in [3.63, 3.8) is 0 Å². The molecule has 0 radical (unpaired) electrons. The molecule has 1 amide bonds. The first kappa shape index (κ1) is 22.0. The number of benzene rings is 2. The van der Waals surface area contributed by atoms with Gasteiger partial charge in [0.05, 0.1) is 26.4 Å². The van der Waals surface area contributed by atoms with Crippen LogP contribution < -0.4 is 14.8 Å². The van der Waals surface area contributed by atoms with Gasteiger partial charge in [-0.15, -0.1) is 0 Å². The van der Waals surface area contributed by atoms with Crippen LogP contribution in [0.3, 0.4) is 0 Å². The van der Waals surface area contributed by atoms with Gasteiger partial charge in [0, 0.05) is 23.3 Å². The van der Waals surface area contributed by atoms with E-state index in [1.807, 2.05) is 36.9 Å². The molecule has 1 aliphatic heterocycles. The minimum Gasteiger partial charge on any atom is -0.493 e. The van der Waals surface area contributed by atoms with Crippen molar-refractivity contribution in [3.05, 3.63) is 59.2 Å². The maximum Gasteiger partial charge on any atom is 0.337 e. The van der Waals surface area contributed by atoms with Crippen LogP contribution in [0.2, 0.25) is 0 Å². The van der Waals surface area contributed by atoms with Gasteiger partial charge in [0.15, 0.2) is 11.5 Å². The maximum absolute atomic E-state index is 12.8. The molecular formula is C23H27NO5S. The second-order valence-corrected chi connectivity index (χ2v) is 8.11. The highest BCUT2D eigenvalue weighted by Gasteiger charge is 2.29. The largest absolute Gasteiger partial charge is 0.493 e. The summed E-state index contributed by atoms with van der Waals surface area (Å²) in [6.07, 6.45) is 0.886. The smallest absolute Gasteiger partial charge is 0.337 e. The van der Waals surface area contributed by atoms with E-state index in [9.17, 15) is 9.59 Å². The van der Waals surface area contributed by atoms with Crippen molar-refractivity contribution in [3.8, 4) is 11.5 Å². The predicted octanol–water partition coefficient (Wildman–Crippen LogP) is 3.90. The Morgan fingerprint density at radius 1 is 1.07 bits per heavy atom. The van der Waals surface area contributed by atoms with Crippen LogP contribution in [0.25, 0.3) is 0 Å². The van der Waals surface area contributed by atoms with Crippen molar-refractivity contribution in [2.24, 2.45) is 0 Å². The van der Waals surface area contributed by atoms with Gasteiger partial charge < -0.3 is 19.5 Å². The second-order valence-electron chi connectivity index (χ2n) is 6.96. The molecule has 1 saturated heterocycles. The molecule has 2 atom stereocenters. The van der Waals surface area contributed by atoms with Crippen molar-refractivity contribution in [1.82, 2.24) is 5.32 Å². The summed E-state index contributed by atoms with van der Waals surface area (Å²) in [5.74, 6) is 2.95. The number of carbonyl (C=O) groups is 2. The van der Waals surface area contributed by atoms with Gasteiger partial charge in [-0.2, -0.15) is 11.8 Å². The van der Waals surface area contributed by atoms with Gasteiger partial charge in [0.1, 0.15) is 0 Å². The third-order valence-corrected chi connectivity index (χ3v) is 6.28. The summed E-state index contributed by atoms with van der Waals surface area (Å²) in [6, 6.07) is 12.5. The summed E-state index contributed by atoms with van der Waals surface area (Å²) >= 11 is 1.89. The van der Waals surface area contributed by atoms with E-state index in [0.717, 1.165) is 29.2 Å². The zero-order valence-corrected chi connectivity index (χ0v) is 18.3. The fourth-order valence-electron chi connectivity index (χ4n) is 3.56. The fourth-order valence-corrected chi connectivity index (χ4v) is 4.82. The van der Waals surface area contributed by atoms with E-state index in [-0.39, 0.29) is 17.9 Å². The van der Waals surface area contributed by atoms with Crippen LogP contribution in [0.15, 0.2) is 42.5 Å². The van der Waals surface area contributed by atoms with E-state index in [1.165, 1.54) is 7.11 Å². The summed E-state index contributed by atoms with van der Waals surface area (Å²) < 4.78 is 15.8. The molecule has 1 fully saturated rings. The minimum absolute atomic E-state index is 0.0157. The standard InChI is InChI=1S/C23H27NO5S/c1-4-29-21-13-17(9-10-20(21)27-2)18-14-30-12-11-19(18)24-22(25)15-5-7-16(8-6-15)23(26)28-3/h5-10,13,18-19H,4,11-12,14H2,1-3H3,(H,24,25)/t18-,19-/m1/s1. The molecule has 3 rings (SSSR count). The van der Waals surface area contributed by atoms with Crippen LogP contribution in [-0.4, -0.2) is 50.3 Å². The van der Waals surface area contributed by atoms with Crippen molar-refractivity contribution >= 4 is 23.6 Å². The third kappa shape index (κ3) is 5.08. The zero-order chi connectivity index (χ0) is 21.5. The molecule has 2 aromatic rings. The molecule has 1 N–H and O–H groups in total. The lowest BCUT2D eigenvalue weighted by Gasteiger charge is -2.32. The lowest BCUT2D eigenvalue weighted by molar-refractivity contribution is 0.0600. The Kier molecular flexibility index (Phi) is 7.63. The first-order valence-electron chi connectivity index (χ1n) is 9.95. The first-order chi connectivity index (χ1) is 14.6. The second kappa shape index (κ2) is 10.4. The number of methoxy groups -OCH3 is 2. The number of esters is 1. The Hall–Kier alpha value is -2.67. The highest BCUT2D eigenvalue weighted by Crippen LogP contribution is 2.36. The summed E-state index contributed by atoms with van der Waals surface area (Å²) in [4.78, 5) is 24.4. The Morgan fingerprint density at radius 3 is 2.47 bits per heavy atom. The topological polar surface area (TPSA) is 73.9 Å². The molecule has 2 aromatic carbocycles. The van der Waals surface area contributed by atoms with Crippen molar-refractivity contribution in [2.45, 2.75) is 25.3 Å². The quantitative estimate of drug-likeness (QED) is 0.673. The Labute approximate surface area is 181 Å². The highest BCUT2D eigenvalue weighted by atomic mass is 32.2. The number of carbonyl (C=O) groups excluding carboxylic acids is 2. The van der Waals surface area contributed by atoms with E-state index in [4.69, 9.17) is 14.2 Å². The number of nitrogens with one attached hydrogen (secondary N) is 1. The van der Waals surface area contributed by atoms with Crippen LogP contribution >= 0.6 is 11.8 Å². The van der Waals surface area contributed by atoms with Gasteiger partial charge in [-0.1, -0.05) is 6.07 Å². The minimum atomic E-state index is -0.420. The Morgan fingerprint density at radius 2 is 1.80 bits per heavy atom. The van der Waals surface area contributed by atoms with Gasteiger partial charge in [-0.25, -0.2) is 4.79 Å². The molecule has 6 nitrogen and oxygen atoms in total. The van der Waals surface area contributed by atoms with Crippen LogP contribution in [0.4, 0.5) is 0 Å². The van der Waals surface area contributed by atoms with E-state index in [2.05, 4.69) is 5.32 Å². The van der Waals surface area contributed by atoms with Crippen LogP contribution in [0, 0.1) is 0 Å². The molecule has 0 unspecified atom stereocenters. The molecule has 0 spiro atoms. The number of thioether (sulfide) groups is 1. The average Bonchev–Trinajstić information content (AvgIpc) is 2.79. The Bertz CT molecular complexity index is 884. The van der Waals surface area contributed by atoms with Crippen LogP contribution in [-0.2, 0) is 4.74 Å². The third-order valence-electron chi connectivity index (χ3n) is 5.16. The van der Waals surface area contributed by atoms with Crippen molar-refractivity contribution in [2.75, 3.05) is 32.3 Å². The number of hydrogen-bond acceptors (Lipinski definition) is 6. The van der Waals surface area contributed by atoms with Gasteiger partial charge in [-0.05, 0) is 61.1 Å². The lowest BCUT2D eigenvalue weighted by Crippen LogP contribution is -2.42. The van der Waals surface area contributed by atoms with Crippen LogP contribution in [0.1, 0.15) is 45.5 Å². The summed E-state index contributed by atoms with van der Waals surface area (Å²) in [5, 5.41) is 3.19. The van der Waals surface area contributed by atoms with Gasteiger partial charge in [0.25, 0.3) is 5.91 Å². The molecule has 1 aliphatic rings. The maximum atomic E-state index is 12.8. The van der Waals surface area contributed by atoms with E-state index in [1.54, 1.807) is 31.4 Å². The summed E-state index contributed by atoms with van der Waals surface area (Å²) in [7, 11) is 2.96. The van der Waals surface area contributed by atoms with E-state index >= 15 is 0 Å². The Balaban J connectivity index is 1.76. The van der Waals surface area contributed by atoms with Gasteiger partial charge in [0.2, 0.25) is 0 Å². The van der Waals surface area contributed by atoms with Gasteiger partial charge >= 0.3 is 5.97 Å². The molecule has 0 saturated carbocycles. The molecular weight excluding hydrogens is 402 g/mol. The molecule has 0 bridgehead atoms. The number of ether oxygens (including phenoxy) is 3. The fraction of sp³-hybridized carbons (Fsp3) is 0.391. The van der Waals surface area contributed by atoms with Crippen LogP contribution in [0.5, 0.6) is 11.5 Å². The van der Waals surface area contributed by atoms with E-state index < -0.39 is 5.97 Å². The molecule has 0 aliphatic carbocycles. The SMILES string of the molecule is CCOc1cc([C@H]2CSCC[C@H]2NC(=O)c2ccc(C(=O)OC)cc2)ccc1OC. The molecule has 7 heteroatoms. The lowest BCUT2D eigenvalue weighted by atomic mass is 9.90. The molecule has 1 heterocycles. The highest BCUT2D eigenvalue weighted by molar-refractivity contribution is 7.99. The van der Waals surface area contributed by atoms with Gasteiger partial charge in [-0.3, -0.25) is 4.79 Å². The number of amides is 1. The van der Waals surface area contributed by atoms with Crippen molar-refractivity contribution in [1.29, 1.82) is 0 Å². The zero-order valence-electron chi connectivity index (χ0n) is 17.5. The number of hydrogen-bond donors (Lipinski definition) is 1. The molecule has 160 valence electrons. The summed E-state index contributed by atoms with van der Waals surface area (Å²) in [6.45, 7) is 2.50. The average molecular weight is 430 g/mol. The normalized spacial score (nSPS) is 18.4. The van der Waals surface area contributed by atoms with Crippen molar-refractivity contribution < 1.29 is 23.8 Å². The predicted molar refractivity (Wildman–Crippen MR) is 118 cm³/mol. The molecule has 0 aromatic heterocycles. The summed E-state index contributed by atoms with van der Waals surface area (Å²) in [5.41, 5.74) is 2.06. The van der Waals surface area contributed by atoms with E-state index in [0.29, 0.717) is 23.5 Å².